The minimum absolute atomic E-state index is 0.0487. The number of hydrogen-bond acceptors (Lipinski definition) is 3. The fraction of sp³-hybridized carbons (Fsp3) is 0.375. The number of carboxylic acid groups (broad SMARTS) is 1. The van der Waals surface area contributed by atoms with E-state index in [2.05, 4.69) is 15.9 Å². The van der Waals surface area contributed by atoms with Crippen molar-refractivity contribution >= 4 is 33.2 Å². The van der Waals surface area contributed by atoms with Gasteiger partial charge in [0.1, 0.15) is 14.4 Å². The summed E-state index contributed by atoms with van der Waals surface area (Å²) in [5.41, 5.74) is 0. The molecule has 1 aromatic heterocycles. The molecule has 1 aromatic rings. The standard InChI is InChI=1S/C8H9BrO3S/c1-4(2)12-5-3-6(8(10)11)13-7(5)9/h3-4H,1-2H3,(H,10,11). The summed E-state index contributed by atoms with van der Waals surface area (Å²) in [6.45, 7) is 3.79. The molecule has 0 amide bonds. The summed E-state index contributed by atoms with van der Waals surface area (Å²) in [7, 11) is 0. The quantitative estimate of drug-likeness (QED) is 0.913. The van der Waals surface area contributed by atoms with Crippen LogP contribution in [0.4, 0.5) is 0 Å². The number of halogens is 1. The number of rotatable bonds is 3. The lowest BCUT2D eigenvalue weighted by Crippen LogP contribution is -2.04. The highest BCUT2D eigenvalue weighted by Crippen LogP contribution is 2.35. The summed E-state index contributed by atoms with van der Waals surface area (Å²) in [6, 6.07) is 1.52. The first-order valence-electron chi connectivity index (χ1n) is 3.70. The van der Waals surface area contributed by atoms with Crippen LogP contribution >= 0.6 is 27.3 Å². The molecule has 0 aliphatic heterocycles. The van der Waals surface area contributed by atoms with E-state index < -0.39 is 5.97 Å². The maximum atomic E-state index is 10.6. The zero-order valence-corrected chi connectivity index (χ0v) is 9.61. The summed E-state index contributed by atoms with van der Waals surface area (Å²) < 4.78 is 6.10. The molecule has 0 saturated carbocycles. The highest BCUT2D eigenvalue weighted by molar-refractivity contribution is 9.11. The van der Waals surface area contributed by atoms with E-state index in [1.54, 1.807) is 0 Å². The molecule has 1 heterocycles. The van der Waals surface area contributed by atoms with Crippen LogP contribution in [0.3, 0.4) is 0 Å². The van der Waals surface area contributed by atoms with Crippen molar-refractivity contribution < 1.29 is 14.6 Å². The number of hydrogen-bond donors (Lipinski definition) is 1. The Bertz CT molecular complexity index is 319. The normalized spacial score (nSPS) is 10.5. The molecular weight excluding hydrogens is 256 g/mol. The Kier molecular flexibility index (Phi) is 3.33. The zero-order valence-electron chi connectivity index (χ0n) is 7.20. The minimum Gasteiger partial charge on any atom is -0.489 e. The van der Waals surface area contributed by atoms with Gasteiger partial charge >= 0.3 is 5.97 Å². The monoisotopic (exact) mass is 264 g/mol. The molecule has 0 atom stereocenters. The van der Waals surface area contributed by atoms with Crippen LogP contribution in [0.25, 0.3) is 0 Å². The van der Waals surface area contributed by atoms with Crippen LogP contribution in [-0.2, 0) is 0 Å². The lowest BCUT2D eigenvalue weighted by Gasteiger charge is -2.06. The maximum Gasteiger partial charge on any atom is 0.346 e. The van der Waals surface area contributed by atoms with Crippen molar-refractivity contribution in [1.29, 1.82) is 0 Å². The van der Waals surface area contributed by atoms with Crippen LogP contribution in [0, 0.1) is 0 Å². The average molecular weight is 265 g/mol. The van der Waals surface area contributed by atoms with Crippen LogP contribution < -0.4 is 4.74 Å². The maximum absolute atomic E-state index is 10.6. The molecule has 3 nitrogen and oxygen atoms in total. The second kappa shape index (κ2) is 4.11. The van der Waals surface area contributed by atoms with E-state index in [-0.39, 0.29) is 11.0 Å². The highest BCUT2D eigenvalue weighted by atomic mass is 79.9. The van der Waals surface area contributed by atoms with Crippen molar-refractivity contribution in [1.82, 2.24) is 0 Å². The van der Waals surface area contributed by atoms with Crippen molar-refractivity contribution in [2.24, 2.45) is 0 Å². The predicted octanol–water partition coefficient (Wildman–Crippen LogP) is 3.00. The van der Waals surface area contributed by atoms with Crippen LogP contribution in [0.15, 0.2) is 9.85 Å². The first-order chi connectivity index (χ1) is 6.00. The molecule has 0 aliphatic carbocycles. The van der Waals surface area contributed by atoms with Gasteiger partial charge in [0.2, 0.25) is 0 Å². The SMILES string of the molecule is CC(C)Oc1cc(C(=O)O)sc1Br. The lowest BCUT2D eigenvalue weighted by atomic mass is 10.4. The van der Waals surface area contributed by atoms with E-state index in [1.165, 1.54) is 6.07 Å². The average Bonchev–Trinajstić information content (AvgIpc) is 2.31. The van der Waals surface area contributed by atoms with Gasteiger partial charge in [0.25, 0.3) is 0 Å². The third-order valence-corrected chi connectivity index (χ3v) is 3.00. The number of carboxylic acids is 1. The molecule has 0 saturated heterocycles. The smallest absolute Gasteiger partial charge is 0.346 e. The Morgan fingerprint density at radius 2 is 2.31 bits per heavy atom. The molecule has 13 heavy (non-hydrogen) atoms. The second-order valence-corrected chi connectivity index (χ2v) is 5.09. The lowest BCUT2D eigenvalue weighted by molar-refractivity contribution is 0.0701. The summed E-state index contributed by atoms with van der Waals surface area (Å²) >= 11 is 4.40. The predicted molar refractivity (Wildman–Crippen MR) is 54.7 cm³/mol. The highest BCUT2D eigenvalue weighted by Gasteiger charge is 2.13. The van der Waals surface area contributed by atoms with Gasteiger partial charge in [-0.1, -0.05) is 0 Å². The van der Waals surface area contributed by atoms with E-state index in [1.807, 2.05) is 13.8 Å². The van der Waals surface area contributed by atoms with E-state index in [9.17, 15) is 4.79 Å². The van der Waals surface area contributed by atoms with Crippen molar-refractivity contribution in [2.45, 2.75) is 20.0 Å². The fourth-order valence-electron chi connectivity index (χ4n) is 0.792. The van der Waals surface area contributed by atoms with E-state index in [0.29, 0.717) is 5.75 Å². The molecule has 1 N–H and O–H groups in total. The van der Waals surface area contributed by atoms with Gasteiger partial charge < -0.3 is 9.84 Å². The summed E-state index contributed by atoms with van der Waals surface area (Å²) in [5.74, 6) is -0.332. The summed E-state index contributed by atoms with van der Waals surface area (Å²) in [5, 5.41) is 8.69. The molecule has 0 aliphatic rings. The van der Waals surface area contributed by atoms with Crippen LogP contribution in [0.1, 0.15) is 23.5 Å². The van der Waals surface area contributed by atoms with Gasteiger partial charge in [0.05, 0.1) is 6.10 Å². The number of carbonyl (C=O) groups is 1. The summed E-state index contributed by atoms with van der Waals surface area (Å²) in [4.78, 5) is 10.9. The molecule has 1 rings (SSSR count). The van der Waals surface area contributed by atoms with Crippen LogP contribution in [-0.4, -0.2) is 17.2 Å². The number of thiophene rings is 1. The van der Waals surface area contributed by atoms with Crippen molar-refractivity contribution in [3.8, 4) is 5.75 Å². The zero-order chi connectivity index (χ0) is 10.0. The van der Waals surface area contributed by atoms with Gasteiger partial charge in [-0.25, -0.2) is 4.79 Å². The Balaban J connectivity index is 2.90. The topological polar surface area (TPSA) is 46.5 Å². The van der Waals surface area contributed by atoms with Crippen molar-refractivity contribution in [3.63, 3.8) is 0 Å². The molecule has 5 heteroatoms. The van der Waals surface area contributed by atoms with Crippen LogP contribution in [0.5, 0.6) is 5.75 Å². The molecule has 72 valence electrons. The second-order valence-electron chi connectivity index (χ2n) is 2.72. The Morgan fingerprint density at radius 1 is 1.69 bits per heavy atom. The molecule has 0 aromatic carbocycles. The summed E-state index contributed by atoms with van der Waals surface area (Å²) in [6.07, 6.45) is 0.0487. The molecular formula is C8H9BrO3S. The van der Waals surface area contributed by atoms with Gasteiger partial charge in [-0.05, 0) is 29.8 Å². The fourth-order valence-corrected chi connectivity index (χ4v) is 2.18. The molecule has 0 fully saturated rings. The van der Waals surface area contributed by atoms with Gasteiger partial charge in [0.15, 0.2) is 0 Å². The van der Waals surface area contributed by atoms with E-state index in [0.717, 1.165) is 15.1 Å². The molecule has 0 unspecified atom stereocenters. The Morgan fingerprint density at radius 3 is 2.69 bits per heavy atom. The van der Waals surface area contributed by atoms with E-state index in [4.69, 9.17) is 9.84 Å². The number of aromatic carboxylic acids is 1. The van der Waals surface area contributed by atoms with Crippen molar-refractivity contribution in [3.05, 3.63) is 14.7 Å². The molecule has 0 bridgehead atoms. The molecule has 0 spiro atoms. The Labute approximate surface area is 88.5 Å². The third kappa shape index (κ3) is 2.70. The first kappa shape index (κ1) is 10.5. The van der Waals surface area contributed by atoms with Crippen LogP contribution in [0.2, 0.25) is 0 Å². The third-order valence-electron chi connectivity index (χ3n) is 1.23. The van der Waals surface area contributed by atoms with E-state index >= 15 is 0 Å². The first-order valence-corrected chi connectivity index (χ1v) is 5.31. The Hall–Kier alpha value is -0.550. The van der Waals surface area contributed by atoms with Gasteiger partial charge in [0, 0.05) is 6.07 Å². The van der Waals surface area contributed by atoms with Crippen molar-refractivity contribution in [2.75, 3.05) is 0 Å². The minimum atomic E-state index is -0.927. The van der Waals surface area contributed by atoms with Gasteiger partial charge in [-0.15, -0.1) is 11.3 Å². The molecule has 0 radical (unpaired) electrons. The number of ether oxygens (including phenoxy) is 1. The van der Waals surface area contributed by atoms with Gasteiger partial charge in [-0.3, -0.25) is 0 Å². The van der Waals surface area contributed by atoms with Gasteiger partial charge in [-0.2, -0.15) is 0 Å². The largest absolute Gasteiger partial charge is 0.489 e.